The minimum Gasteiger partial charge on any atom is -0.469 e. The minimum atomic E-state index is -0.125. The van der Waals surface area contributed by atoms with E-state index in [0.29, 0.717) is 12.3 Å². The van der Waals surface area contributed by atoms with Gasteiger partial charge in [0.15, 0.2) is 0 Å². The molecule has 0 aromatic heterocycles. The number of hydrogen-bond acceptors (Lipinski definition) is 4. The zero-order valence-electron chi connectivity index (χ0n) is 9.74. The molecule has 0 bridgehead atoms. The summed E-state index contributed by atoms with van der Waals surface area (Å²) < 4.78 is 4.64. The van der Waals surface area contributed by atoms with Gasteiger partial charge in [0.25, 0.3) is 0 Å². The van der Waals surface area contributed by atoms with Crippen LogP contribution in [-0.4, -0.2) is 44.2 Å². The molecule has 0 aromatic carbocycles. The zero-order valence-corrected chi connectivity index (χ0v) is 9.74. The largest absolute Gasteiger partial charge is 0.469 e. The van der Waals surface area contributed by atoms with E-state index >= 15 is 0 Å². The number of ether oxygens (including phenoxy) is 1. The maximum atomic E-state index is 11.0. The Morgan fingerprint density at radius 2 is 2.13 bits per heavy atom. The second-order valence-electron chi connectivity index (χ2n) is 4.42. The van der Waals surface area contributed by atoms with E-state index in [-0.39, 0.29) is 12.0 Å². The second kappa shape index (κ2) is 6.08. The highest BCUT2D eigenvalue weighted by molar-refractivity contribution is 5.69. The monoisotopic (exact) mass is 214 g/mol. The average Bonchev–Trinajstić information content (AvgIpc) is 2.39. The predicted octanol–water partition coefficient (Wildman–Crippen LogP) is 0.609. The summed E-state index contributed by atoms with van der Waals surface area (Å²) in [4.78, 5) is 13.3. The quantitative estimate of drug-likeness (QED) is 0.699. The van der Waals surface area contributed by atoms with Crippen LogP contribution >= 0.6 is 0 Å². The van der Waals surface area contributed by atoms with E-state index in [1.165, 1.54) is 7.11 Å². The van der Waals surface area contributed by atoms with Gasteiger partial charge in [0.1, 0.15) is 0 Å². The number of carbonyl (C=O) groups is 1. The fraction of sp³-hybridized carbons (Fsp3) is 0.909. The highest BCUT2D eigenvalue weighted by atomic mass is 16.5. The van der Waals surface area contributed by atoms with Gasteiger partial charge in [-0.3, -0.25) is 4.79 Å². The van der Waals surface area contributed by atoms with Crippen LogP contribution < -0.4 is 5.73 Å². The van der Waals surface area contributed by atoms with Gasteiger partial charge >= 0.3 is 5.97 Å². The normalized spacial score (nSPS) is 28.5. The Balaban J connectivity index is 2.35. The number of rotatable bonds is 3. The smallest absolute Gasteiger partial charge is 0.305 e. The molecule has 88 valence electrons. The van der Waals surface area contributed by atoms with Crippen LogP contribution in [0.5, 0.6) is 0 Å². The van der Waals surface area contributed by atoms with Crippen LogP contribution in [0.15, 0.2) is 0 Å². The molecule has 1 aliphatic heterocycles. The van der Waals surface area contributed by atoms with Crippen molar-refractivity contribution in [1.82, 2.24) is 4.90 Å². The summed E-state index contributed by atoms with van der Waals surface area (Å²) in [6, 6.07) is 0.236. The van der Waals surface area contributed by atoms with Crippen LogP contribution in [0.1, 0.15) is 25.7 Å². The van der Waals surface area contributed by atoms with Gasteiger partial charge in [-0.15, -0.1) is 0 Å². The third kappa shape index (κ3) is 4.18. The van der Waals surface area contributed by atoms with Gasteiger partial charge in [-0.1, -0.05) is 0 Å². The van der Waals surface area contributed by atoms with Crippen LogP contribution in [-0.2, 0) is 9.53 Å². The van der Waals surface area contributed by atoms with Crippen molar-refractivity contribution in [2.24, 2.45) is 11.7 Å². The molecule has 0 radical (unpaired) electrons. The molecule has 4 nitrogen and oxygen atoms in total. The van der Waals surface area contributed by atoms with Gasteiger partial charge in [0, 0.05) is 12.5 Å². The number of nitrogens with two attached hydrogens (primary N) is 1. The number of esters is 1. The lowest BCUT2D eigenvalue weighted by Gasteiger charge is -2.19. The van der Waals surface area contributed by atoms with E-state index in [4.69, 9.17) is 5.73 Å². The standard InChI is InChI=1S/C11H22N2O2/c1-13-7-5-9(10(12)6-8-13)3-4-11(14)15-2/h9-10H,3-8,12H2,1-2H3/t9-,10+/m0/s1. The van der Waals surface area contributed by atoms with Gasteiger partial charge in [-0.2, -0.15) is 0 Å². The Bertz CT molecular complexity index is 209. The van der Waals surface area contributed by atoms with Crippen LogP contribution in [0.4, 0.5) is 0 Å². The van der Waals surface area contributed by atoms with Crippen molar-refractivity contribution in [3.05, 3.63) is 0 Å². The van der Waals surface area contributed by atoms with Crippen molar-refractivity contribution in [3.8, 4) is 0 Å². The summed E-state index contributed by atoms with van der Waals surface area (Å²) in [6.45, 7) is 2.15. The van der Waals surface area contributed by atoms with Gasteiger partial charge in [0.05, 0.1) is 7.11 Å². The van der Waals surface area contributed by atoms with Crippen molar-refractivity contribution in [3.63, 3.8) is 0 Å². The summed E-state index contributed by atoms with van der Waals surface area (Å²) in [5.41, 5.74) is 6.09. The van der Waals surface area contributed by atoms with Crippen molar-refractivity contribution >= 4 is 5.97 Å². The Morgan fingerprint density at radius 3 is 2.80 bits per heavy atom. The molecule has 1 heterocycles. The first-order valence-electron chi connectivity index (χ1n) is 5.64. The lowest BCUT2D eigenvalue weighted by molar-refractivity contribution is -0.141. The second-order valence-corrected chi connectivity index (χ2v) is 4.42. The fourth-order valence-corrected chi connectivity index (χ4v) is 2.08. The Hall–Kier alpha value is -0.610. The maximum Gasteiger partial charge on any atom is 0.305 e. The molecule has 0 aromatic rings. The average molecular weight is 214 g/mol. The molecular formula is C11H22N2O2. The molecule has 4 heteroatoms. The van der Waals surface area contributed by atoms with Gasteiger partial charge in [0.2, 0.25) is 0 Å². The SMILES string of the molecule is COC(=O)CC[C@H]1CCN(C)CC[C@H]1N. The first-order valence-corrected chi connectivity index (χ1v) is 5.64. The van der Waals surface area contributed by atoms with Crippen LogP contribution in [0.2, 0.25) is 0 Å². The number of nitrogens with zero attached hydrogens (tertiary/aromatic N) is 1. The van der Waals surface area contributed by atoms with Crippen LogP contribution in [0.3, 0.4) is 0 Å². The summed E-state index contributed by atoms with van der Waals surface area (Å²) in [5, 5.41) is 0. The molecule has 2 atom stereocenters. The number of carbonyl (C=O) groups excluding carboxylic acids is 1. The third-order valence-electron chi connectivity index (χ3n) is 3.28. The van der Waals surface area contributed by atoms with E-state index in [2.05, 4.69) is 16.7 Å². The fourth-order valence-electron chi connectivity index (χ4n) is 2.08. The van der Waals surface area contributed by atoms with Gasteiger partial charge in [-0.25, -0.2) is 0 Å². The van der Waals surface area contributed by atoms with Crippen LogP contribution in [0.25, 0.3) is 0 Å². The topological polar surface area (TPSA) is 55.6 Å². The molecule has 0 aliphatic carbocycles. The molecule has 1 aliphatic rings. The summed E-state index contributed by atoms with van der Waals surface area (Å²) in [6.07, 6.45) is 3.48. The summed E-state index contributed by atoms with van der Waals surface area (Å²) in [5.74, 6) is 0.342. The van der Waals surface area contributed by atoms with E-state index in [1.807, 2.05) is 0 Å². The summed E-state index contributed by atoms with van der Waals surface area (Å²) in [7, 11) is 3.55. The molecule has 0 spiro atoms. The molecule has 15 heavy (non-hydrogen) atoms. The molecule has 0 saturated carbocycles. The third-order valence-corrected chi connectivity index (χ3v) is 3.28. The molecule has 1 saturated heterocycles. The van der Waals surface area contributed by atoms with E-state index < -0.39 is 0 Å². The van der Waals surface area contributed by atoms with Crippen molar-refractivity contribution in [2.45, 2.75) is 31.7 Å². The van der Waals surface area contributed by atoms with E-state index in [1.54, 1.807) is 0 Å². The highest BCUT2D eigenvalue weighted by Gasteiger charge is 2.22. The molecular weight excluding hydrogens is 192 g/mol. The minimum absolute atomic E-state index is 0.125. The molecule has 1 rings (SSSR count). The van der Waals surface area contributed by atoms with E-state index in [0.717, 1.165) is 32.4 Å². The van der Waals surface area contributed by atoms with Crippen molar-refractivity contribution in [2.75, 3.05) is 27.2 Å². The van der Waals surface area contributed by atoms with E-state index in [9.17, 15) is 4.79 Å². The highest BCUT2D eigenvalue weighted by Crippen LogP contribution is 2.20. The molecule has 0 amide bonds. The zero-order chi connectivity index (χ0) is 11.3. The summed E-state index contributed by atoms with van der Waals surface area (Å²) >= 11 is 0. The van der Waals surface area contributed by atoms with Crippen molar-refractivity contribution < 1.29 is 9.53 Å². The lowest BCUT2D eigenvalue weighted by Crippen LogP contribution is -2.30. The molecule has 0 unspecified atom stereocenters. The van der Waals surface area contributed by atoms with Crippen LogP contribution in [0, 0.1) is 5.92 Å². The lowest BCUT2D eigenvalue weighted by atomic mass is 9.91. The van der Waals surface area contributed by atoms with Gasteiger partial charge < -0.3 is 15.4 Å². The Labute approximate surface area is 91.8 Å². The molecule has 2 N–H and O–H groups in total. The first kappa shape index (κ1) is 12.5. The number of likely N-dealkylation sites (tertiary alicyclic amines) is 1. The van der Waals surface area contributed by atoms with Crippen molar-refractivity contribution in [1.29, 1.82) is 0 Å². The number of methoxy groups -OCH3 is 1. The molecule has 1 fully saturated rings. The predicted molar refractivity (Wildman–Crippen MR) is 59.4 cm³/mol. The Kier molecular flexibility index (Phi) is 5.05. The van der Waals surface area contributed by atoms with Gasteiger partial charge in [-0.05, 0) is 45.3 Å². The Morgan fingerprint density at radius 1 is 1.47 bits per heavy atom. The maximum absolute atomic E-state index is 11.0. The first-order chi connectivity index (χ1) is 7.13. The number of hydrogen-bond donors (Lipinski definition) is 1.